The fourth-order valence-corrected chi connectivity index (χ4v) is 1.60. The van der Waals surface area contributed by atoms with Gasteiger partial charge in [0.1, 0.15) is 0 Å². The van der Waals surface area contributed by atoms with E-state index in [4.69, 9.17) is 0 Å². The van der Waals surface area contributed by atoms with Crippen LogP contribution in [0.2, 0.25) is 0 Å². The zero-order valence-electron chi connectivity index (χ0n) is 10.5. The molecule has 0 fully saturated rings. The highest BCUT2D eigenvalue weighted by molar-refractivity contribution is 6.01. The van der Waals surface area contributed by atoms with E-state index in [9.17, 15) is 9.90 Å². The molecule has 0 aromatic heterocycles. The predicted molar refractivity (Wildman–Crippen MR) is 76.7 cm³/mol. The maximum atomic E-state index is 11.5. The van der Waals surface area contributed by atoms with Gasteiger partial charge in [-0.2, -0.15) is 5.10 Å². The predicted octanol–water partition coefficient (Wildman–Crippen LogP) is 2.59. The number of hydrazone groups is 1. The average molecular weight is 254 g/mol. The molecule has 0 amide bonds. The molecule has 0 aliphatic carbocycles. The van der Waals surface area contributed by atoms with Crippen molar-refractivity contribution in [2.75, 3.05) is 5.43 Å². The van der Waals surface area contributed by atoms with Crippen LogP contribution >= 0.6 is 0 Å². The van der Waals surface area contributed by atoms with Crippen molar-refractivity contribution < 1.29 is 5.11 Å². The number of para-hydroxylation sites is 1. The second kappa shape index (κ2) is 5.82. The number of nitrogens with one attached hydrogen (secondary N) is 1. The molecule has 2 N–H and O–H groups in total. The van der Waals surface area contributed by atoms with Crippen molar-refractivity contribution in [2.24, 2.45) is 5.10 Å². The SMILES string of the molecule is C/C(=N\Nc1ccccc1)c1ccccc(=O)c1O. The third-order valence-electron chi connectivity index (χ3n) is 2.63. The van der Waals surface area contributed by atoms with Crippen LogP contribution < -0.4 is 10.9 Å². The quantitative estimate of drug-likeness (QED) is 0.653. The topological polar surface area (TPSA) is 61.7 Å². The molecule has 2 aromatic carbocycles. The lowest BCUT2D eigenvalue weighted by Gasteiger charge is -2.03. The molecule has 4 heteroatoms. The van der Waals surface area contributed by atoms with Gasteiger partial charge in [-0.15, -0.1) is 0 Å². The van der Waals surface area contributed by atoms with E-state index in [0.29, 0.717) is 11.3 Å². The van der Waals surface area contributed by atoms with Crippen LogP contribution in [-0.2, 0) is 0 Å². The van der Waals surface area contributed by atoms with Crippen molar-refractivity contribution >= 4 is 11.4 Å². The maximum Gasteiger partial charge on any atom is 0.220 e. The van der Waals surface area contributed by atoms with E-state index in [1.54, 1.807) is 25.1 Å². The summed E-state index contributed by atoms with van der Waals surface area (Å²) in [5.41, 5.74) is 4.24. The molecule has 0 unspecified atom stereocenters. The van der Waals surface area contributed by atoms with Crippen LogP contribution in [0.25, 0.3) is 0 Å². The fourth-order valence-electron chi connectivity index (χ4n) is 1.60. The lowest BCUT2D eigenvalue weighted by atomic mass is 10.2. The van der Waals surface area contributed by atoms with Crippen LogP contribution in [0.4, 0.5) is 5.69 Å². The molecule has 0 aliphatic heterocycles. The van der Waals surface area contributed by atoms with Gasteiger partial charge < -0.3 is 5.11 Å². The summed E-state index contributed by atoms with van der Waals surface area (Å²) in [6.07, 6.45) is 0. The molecule has 0 atom stereocenters. The van der Waals surface area contributed by atoms with Gasteiger partial charge >= 0.3 is 0 Å². The number of aromatic hydroxyl groups is 1. The lowest BCUT2D eigenvalue weighted by molar-refractivity contribution is 0.470. The Hall–Kier alpha value is -2.62. The number of anilines is 1. The second-order valence-corrected chi connectivity index (χ2v) is 4.02. The first kappa shape index (κ1) is 12.8. The second-order valence-electron chi connectivity index (χ2n) is 4.02. The monoisotopic (exact) mass is 254 g/mol. The van der Waals surface area contributed by atoms with Gasteiger partial charge in [0.2, 0.25) is 5.43 Å². The van der Waals surface area contributed by atoms with Crippen LogP contribution in [0.15, 0.2) is 64.5 Å². The Labute approximate surface area is 111 Å². The van der Waals surface area contributed by atoms with E-state index in [-0.39, 0.29) is 5.75 Å². The highest BCUT2D eigenvalue weighted by atomic mass is 16.3. The Balaban J connectivity index is 2.30. The molecule has 2 rings (SSSR count). The Morgan fingerprint density at radius 3 is 2.42 bits per heavy atom. The maximum absolute atomic E-state index is 11.5. The lowest BCUT2D eigenvalue weighted by Crippen LogP contribution is -2.03. The van der Waals surface area contributed by atoms with E-state index in [0.717, 1.165) is 5.69 Å². The normalized spacial score (nSPS) is 11.1. The van der Waals surface area contributed by atoms with Crippen molar-refractivity contribution in [2.45, 2.75) is 6.92 Å². The minimum atomic E-state index is -0.422. The number of benzene rings is 1. The minimum absolute atomic E-state index is 0.291. The molecule has 0 aliphatic rings. The summed E-state index contributed by atoms with van der Waals surface area (Å²) in [7, 11) is 0. The van der Waals surface area contributed by atoms with Crippen LogP contribution in [0, 0.1) is 0 Å². The van der Waals surface area contributed by atoms with Crippen molar-refractivity contribution in [1.82, 2.24) is 0 Å². The summed E-state index contributed by atoms with van der Waals surface area (Å²) in [5, 5.41) is 14.0. The van der Waals surface area contributed by atoms with Crippen molar-refractivity contribution in [1.29, 1.82) is 0 Å². The van der Waals surface area contributed by atoms with Gasteiger partial charge in [-0.05, 0) is 31.2 Å². The summed E-state index contributed by atoms with van der Waals surface area (Å²) in [6, 6.07) is 15.7. The summed E-state index contributed by atoms with van der Waals surface area (Å²) in [5.74, 6) is -0.291. The first-order chi connectivity index (χ1) is 9.18. The Kier molecular flexibility index (Phi) is 3.93. The van der Waals surface area contributed by atoms with E-state index in [1.165, 1.54) is 6.07 Å². The molecule has 0 spiro atoms. The highest BCUT2D eigenvalue weighted by Gasteiger charge is 2.05. The number of hydrogen-bond acceptors (Lipinski definition) is 4. The molecule has 2 aromatic rings. The Bertz CT molecular complexity index is 652. The van der Waals surface area contributed by atoms with Crippen molar-refractivity contribution in [3.8, 4) is 5.75 Å². The van der Waals surface area contributed by atoms with Crippen LogP contribution in [0.3, 0.4) is 0 Å². The van der Waals surface area contributed by atoms with Gasteiger partial charge in [0.25, 0.3) is 0 Å². The standard InChI is InChI=1S/C15H14N2O2/c1-11(16-17-12-7-3-2-4-8-12)13-9-5-6-10-14(18)15(13)19/h2-10,17H,1H3,(H,18,19)/b16-11+. The van der Waals surface area contributed by atoms with Crippen molar-refractivity contribution in [3.05, 3.63) is 70.4 Å². The van der Waals surface area contributed by atoms with E-state index >= 15 is 0 Å². The average Bonchev–Trinajstić information content (AvgIpc) is 2.60. The molecule has 4 nitrogen and oxygen atoms in total. The smallest absolute Gasteiger partial charge is 0.220 e. The largest absolute Gasteiger partial charge is 0.504 e. The molecule has 0 bridgehead atoms. The van der Waals surface area contributed by atoms with E-state index in [1.807, 2.05) is 30.3 Å². The third-order valence-corrected chi connectivity index (χ3v) is 2.63. The first-order valence-corrected chi connectivity index (χ1v) is 5.86. The number of hydrogen-bond donors (Lipinski definition) is 2. The third kappa shape index (κ3) is 3.19. The molecular formula is C15H14N2O2. The Morgan fingerprint density at radius 1 is 1.05 bits per heavy atom. The molecule has 0 saturated carbocycles. The van der Waals surface area contributed by atoms with E-state index < -0.39 is 5.43 Å². The molecular weight excluding hydrogens is 240 g/mol. The Morgan fingerprint density at radius 2 is 1.68 bits per heavy atom. The van der Waals surface area contributed by atoms with Crippen molar-refractivity contribution in [3.63, 3.8) is 0 Å². The summed E-state index contributed by atoms with van der Waals surface area (Å²) in [4.78, 5) is 11.5. The highest BCUT2D eigenvalue weighted by Crippen LogP contribution is 2.12. The zero-order valence-corrected chi connectivity index (χ0v) is 10.5. The minimum Gasteiger partial charge on any atom is -0.504 e. The van der Waals surface area contributed by atoms with E-state index in [2.05, 4.69) is 10.5 Å². The summed E-state index contributed by atoms with van der Waals surface area (Å²) >= 11 is 0. The number of nitrogens with zero attached hydrogens (tertiary/aromatic N) is 1. The van der Waals surface area contributed by atoms with Gasteiger partial charge in [0, 0.05) is 5.56 Å². The van der Waals surface area contributed by atoms with Gasteiger partial charge in [0.05, 0.1) is 11.4 Å². The summed E-state index contributed by atoms with van der Waals surface area (Å²) in [6.45, 7) is 1.73. The van der Waals surface area contributed by atoms with Crippen LogP contribution in [-0.4, -0.2) is 10.8 Å². The summed E-state index contributed by atoms with van der Waals surface area (Å²) < 4.78 is 0. The van der Waals surface area contributed by atoms with Gasteiger partial charge in [-0.25, -0.2) is 0 Å². The molecule has 0 saturated heterocycles. The molecule has 0 heterocycles. The van der Waals surface area contributed by atoms with Gasteiger partial charge in [0.15, 0.2) is 5.75 Å². The van der Waals surface area contributed by atoms with Gasteiger partial charge in [-0.3, -0.25) is 10.2 Å². The molecule has 96 valence electrons. The molecule has 0 radical (unpaired) electrons. The molecule has 19 heavy (non-hydrogen) atoms. The van der Waals surface area contributed by atoms with Crippen LogP contribution in [0.1, 0.15) is 12.5 Å². The van der Waals surface area contributed by atoms with Gasteiger partial charge in [-0.1, -0.05) is 30.3 Å². The van der Waals surface area contributed by atoms with Crippen LogP contribution in [0.5, 0.6) is 5.75 Å². The first-order valence-electron chi connectivity index (χ1n) is 5.86. The number of rotatable bonds is 3. The fraction of sp³-hybridized carbons (Fsp3) is 0.0667. The zero-order chi connectivity index (χ0) is 13.7.